The number of hydrogen-bond acceptors (Lipinski definition) is 4. The van der Waals surface area contributed by atoms with Crippen LogP contribution in [0.25, 0.3) is 0 Å². The van der Waals surface area contributed by atoms with E-state index in [1.165, 1.54) is 23.3 Å². The van der Waals surface area contributed by atoms with Crippen LogP contribution in [0.2, 0.25) is 0 Å². The van der Waals surface area contributed by atoms with Gasteiger partial charge in [0.05, 0.1) is 14.2 Å². The van der Waals surface area contributed by atoms with E-state index < -0.39 is 0 Å². The molecule has 6 heteroatoms. The Morgan fingerprint density at radius 2 is 1.37 bits per heavy atom. The Kier molecular flexibility index (Phi) is 8.61. The normalized spacial score (nSPS) is 11.0. The summed E-state index contributed by atoms with van der Waals surface area (Å²) in [5, 5.41) is 0. The molecule has 0 heterocycles. The highest BCUT2D eigenvalue weighted by Gasteiger charge is 2.10. The second-order valence-electron chi connectivity index (χ2n) is 6.81. The Bertz CT molecular complexity index is 885. The largest absolute Gasteiger partial charge is 0.497 e. The molecule has 30 heavy (non-hydrogen) atoms. The molecule has 0 amide bonds. The molecule has 3 rings (SSSR count). The zero-order chi connectivity index (χ0) is 21.3. The van der Waals surface area contributed by atoms with Crippen molar-refractivity contribution in [1.82, 2.24) is 4.31 Å². The fourth-order valence-electron chi connectivity index (χ4n) is 3.03. The van der Waals surface area contributed by atoms with Gasteiger partial charge in [0.2, 0.25) is 0 Å². The lowest BCUT2D eigenvalue weighted by Gasteiger charge is -2.22. The van der Waals surface area contributed by atoms with E-state index in [9.17, 15) is 4.39 Å². The predicted molar refractivity (Wildman–Crippen MR) is 125 cm³/mol. The van der Waals surface area contributed by atoms with Crippen molar-refractivity contribution >= 4 is 27.9 Å². The van der Waals surface area contributed by atoms with Crippen LogP contribution in [0, 0.1) is 5.82 Å². The number of halogens is 2. The molecule has 0 aliphatic rings. The van der Waals surface area contributed by atoms with Crippen LogP contribution < -0.4 is 9.47 Å². The monoisotopic (exact) mass is 489 g/mol. The second kappa shape index (κ2) is 11.4. The summed E-state index contributed by atoms with van der Waals surface area (Å²) < 4.78 is 27.0. The second-order valence-corrected chi connectivity index (χ2v) is 8.85. The topological polar surface area (TPSA) is 21.7 Å². The fourth-order valence-corrected chi connectivity index (χ4v) is 4.62. The van der Waals surface area contributed by atoms with Crippen molar-refractivity contribution in [2.75, 3.05) is 20.0 Å². The van der Waals surface area contributed by atoms with Gasteiger partial charge in [-0.3, -0.25) is 0 Å². The van der Waals surface area contributed by atoms with Crippen LogP contribution in [0.15, 0.2) is 71.2 Å². The number of hydrogen-bond donors (Lipinski definition) is 0. The van der Waals surface area contributed by atoms with E-state index in [0.717, 1.165) is 46.8 Å². The van der Waals surface area contributed by atoms with Crippen LogP contribution in [0.1, 0.15) is 16.7 Å². The van der Waals surface area contributed by atoms with Crippen LogP contribution in [-0.4, -0.2) is 24.3 Å². The SMILES string of the molecule is COc1ccc(CN(Cc2ccc(OC)cc2)SCCc2ccc(F)cc2Br)cc1. The number of ether oxygens (including phenoxy) is 2. The van der Waals surface area contributed by atoms with Crippen LogP contribution in [0.5, 0.6) is 11.5 Å². The Labute approximate surface area is 190 Å². The van der Waals surface area contributed by atoms with E-state index in [1.54, 1.807) is 26.2 Å². The quantitative estimate of drug-likeness (QED) is 0.303. The minimum atomic E-state index is -0.223. The number of nitrogens with zero attached hydrogens (tertiary/aromatic N) is 1. The maximum Gasteiger partial charge on any atom is 0.124 e. The average Bonchev–Trinajstić information content (AvgIpc) is 2.76. The van der Waals surface area contributed by atoms with E-state index in [2.05, 4.69) is 44.5 Å². The molecule has 0 radical (unpaired) electrons. The molecule has 0 spiro atoms. The number of aryl methyl sites for hydroxylation is 1. The van der Waals surface area contributed by atoms with E-state index in [0.29, 0.717) is 0 Å². The first-order chi connectivity index (χ1) is 14.6. The van der Waals surface area contributed by atoms with Gasteiger partial charge in [-0.05, 0) is 59.5 Å². The van der Waals surface area contributed by atoms with E-state index >= 15 is 0 Å². The maximum atomic E-state index is 13.3. The molecule has 3 aromatic rings. The highest BCUT2D eigenvalue weighted by Crippen LogP contribution is 2.25. The molecule has 0 fully saturated rings. The lowest BCUT2D eigenvalue weighted by atomic mass is 10.2. The van der Waals surface area contributed by atoms with Crippen molar-refractivity contribution in [3.8, 4) is 11.5 Å². The summed E-state index contributed by atoms with van der Waals surface area (Å²) in [5.74, 6) is 2.39. The van der Waals surface area contributed by atoms with E-state index in [1.807, 2.05) is 30.3 Å². The fraction of sp³-hybridized carbons (Fsp3) is 0.250. The van der Waals surface area contributed by atoms with Crippen molar-refractivity contribution in [2.24, 2.45) is 0 Å². The van der Waals surface area contributed by atoms with Crippen molar-refractivity contribution in [3.05, 3.63) is 93.7 Å². The van der Waals surface area contributed by atoms with Gasteiger partial charge in [-0.25, -0.2) is 8.70 Å². The van der Waals surface area contributed by atoms with Crippen molar-refractivity contribution in [3.63, 3.8) is 0 Å². The third kappa shape index (κ3) is 6.76. The molecule has 0 aliphatic heterocycles. The molecule has 0 saturated carbocycles. The molecular weight excluding hydrogens is 465 g/mol. The summed E-state index contributed by atoms with van der Waals surface area (Å²) in [5.41, 5.74) is 3.55. The summed E-state index contributed by atoms with van der Waals surface area (Å²) in [6, 6.07) is 21.2. The average molecular weight is 490 g/mol. The smallest absolute Gasteiger partial charge is 0.124 e. The molecule has 3 aromatic carbocycles. The molecule has 0 aromatic heterocycles. The predicted octanol–water partition coefficient (Wildman–Crippen LogP) is 6.50. The van der Waals surface area contributed by atoms with Crippen LogP contribution in [0.4, 0.5) is 4.39 Å². The molecule has 0 N–H and O–H groups in total. The third-order valence-electron chi connectivity index (χ3n) is 4.70. The van der Waals surface area contributed by atoms with Gasteiger partial charge in [0, 0.05) is 23.3 Å². The summed E-state index contributed by atoms with van der Waals surface area (Å²) in [6.07, 6.45) is 0.854. The zero-order valence-electron chi connectivity index (χ0n) is 17.1. The summed E-state index contributed by atoms with van der Waals surface area (Å²) >= 11 is 5.26. The minimum absolute atomic E-state index is 0.223. The highest BCUT2D eigenvalue weighted by atomic mass is 79.9. The summed E-state index contributed by atoms with van der Waals surface area (Å²) in [4.78, 5) is 0. The highest BCUT2D eigenvalue weighted by molar-refractivity contribution is 9.10. The minimum Gasteiger partial charge on any atom is -0.497 e. The summed E-state index contributed by atoms with van der Waals surface area (Å²) in [7, 11) is 3.35. The first-order valence-electron chi connectivity index (χ1n) is 9.65. The molecule has 0 unspecified atom stereocenters. The third-order valence-corrected chi connectivity index (χ3v) is 6.44. The lowest BCUT2D eigenvalue weighted by Crippen LogP contribution is -2.16. The van der Waals surface area contributed by atoms with Gasteiger partial charge >= 0.3 is 0 Å². The Morgan fingerprint density at radius 3 is 1.83 bits per heavy atom. The molecule has 158 valence electrons. The van der Waals surface area contributed by atoms with Gasteiger partial charge in [-0.15, -0.1) is 0 Å². The first-order valence-corrected chi connectivity index (χ1v) is 11.4. The lowest BCUT2D eigenvalue weighted by molar-refractivity contribution is 0.413. The van der Waals surface area contributed by atoms with Crippen LogP contribution >= 0.6 is 27.9 Å². The number of benzene rings is 3. The van der Waals surface area contributed by atoms with Gasteiger partial charge in [0.15, 0.2) is 0 Å². The summed E-state index contributed by atoms with van der Waals surface area (Å²) in [6.45, 7) is 1.62. The van der Waals surface area contributed by atoms with Gasteiger partial charge in [0.25, 0.3) is 0 Å². The molecular formula is C24H25BrFNO2S. The molecule has 3 nitrogen and oxygen atoms in total. The number of rotatable bonds is 10. The molecule has 0 saturated heterocycles. The molecule has 0 atom stereocenters. The molecule has 0 bridgehead atoms. The van der Waals surface area contributed by atoms with Crippen LogP contribution in [0.3, 0.4) is 0 Å². The van der Waals surface area contributed by atoms with Gasteiger partial charge in [-0.2, -0.15) is 0 Å². The number of methoxy groups -OCH3 is 2. The Morgan fingerprint density at radius 1 is 0.833 bits per heavy atom. The van der Waals surface area contributed by atoms with Crippen molar-refractivity contribution in [1.29, 1.82) is 0 Å². The van der Waals surface area contributed by atoms with Gasteiger partial charge < -0.3 is 9.47 Å². The van der Waals surface area contributed by atoms with Crippen LogP contribution in [-0.2, 0) is 19.5 Å². The maximum absolute atomic E-state index is 13.3. The molecule has 0 aliphatic carbocycles. The van der Waals surface area contributed by atoms with Gasteiger partial charge in [-0.1, -0.05) is 58.2 Å². The Hall–Kier alpha value is -2.02. The van der Waals surface area contributed by atoms with Crippen molar-refractivity contribution < 1.29 is 13.9 Å². The zero-order valence-corrected chi connectivity index (χ0v) is 19.5. The first kappa shape index (κ1) is 22.7. The van der Waals surface area contributed by atoms with Crippen molar-refractivity contribution in [2.45, 2.75) is 19.5 Å². The standard InChI is InChI=1S/C24H25BrFNO2S/c1-28-22-9-3-18(4-10-22)16-27(17-19-5-11-23(29-2)12-6-19)30-14-13-20-7-8-21(26)15-24(20)25/h3-12,15H,13-14,16-17H2,1-2H3. The Balaban J connectivity index is 1.66. The van der Waals surface area contributed by atoms with E-state index in [4.69, 9.17) is 9.47 Å². The van der Waals surface area contributed by atoms with Gasteiger partial charge in [0.1, 0.15) is 17.3 Å². The van der Waals surface area contributed by atoms with E-state index in [-0.39, 0.29) is 5.82 Å².